The summed E-state index contributed by atoms with van der Waals surface area (Å²) < 4.78 is 0. The van der Waals surface area contributed by atoms with E-state index in [1.807, 2.05) is 32.0 Å². The molecule has 120 valence electrons. The summed E-state index contributed by atoms with van der Waals surface area (Å²) in [7, 11) is 0. The minimum Gasteiger partial charge on any atom is -0.298 e. The fraction of sp³-hybridized carbons (Fsp3) is 0.111. The molecule has 0 spiro atoms. The monoisotopic (exact) mass is 337 g/mol. The Morgan fingerprint density at radius 3 is 2.46 bits per heavy atom. The van der Waals surface area contributed by atoms with Gasteiger partial charge >= 0.3 is 0 Å². The average molecular weight is 337 g/mol. The van der Waals surface area contributed by atoms with Crippen molar-refractivity contribution in [1.29, 1.82) is 0 Å². The van der Waals surface area contributed by atoms with Crippen molar-refractivity contribution in [2.45, 2.75) is 13.8 Å². The smallest absolute Gasteiger partial charge is 0.270 e. The molecule has 24 heavy (non-hydrogen) atoms. The third-order valence-corrected chi connectivity index (χ3v) is 4.15. The number of thiocarbonyl (C=S) groups is 1. The van der Waals surface area contributed by atoms with Crippen LogP contribution in [-0.2, 0) is 9.59 Å². The number of hydrogen-bond acceptors (Lipinski definition) is 4. The van der Waals surface area contributed by atoms with Crippen LogP contribution < -0.4 is 10.2 Å². The number of hydrogen-bond donors (Lipinski definition) is 1. The third-order valence-electron chi connectivity index (χ3n) is 3.87. The molecule has 1 aliphatic heterocycles. The number of carbonyl (C=O) groups excluding carboxylic acids is 2. The second kappa shape index (κ2) is 6.33. The number of nitrogens with one attached hydrogen (secondary N) is 1. The van der Waals surface area contributed by atoms with Crippen molar-refractivity contribution in [1.82, 2.24) is 10.3 Å². The maximum absolute atomic E-state index is 12.8. The van der Waals surface area contributed by atoms with Gasteiger partial charge in [-0.2, -0.15) is 0 Å². The van der Waals surface area contributed by atoms with E-state index in [9.17, 15) is 9.59 Å². The van der Waals surface area contributed by atoms with Gasteiger partial charge < -0.3 is 0 Å². The van der Waals surface area contributed by atoms with Crippen LogP contribution in [0.25, 0.3) is 6.08 Å². The predicted octanol–water partition coefficient (Wildman–Crippen LogP) is 2.53. The predicted molar refractivity (Wildman–Crippen MR) is 96.4 cm³/mol. The van der Waals surface area contributed by atoms with Gasteiger partial charge in [0.1, 0.15) is 5.57 Å². The van der Waals surface area contributed by atoms with E-state index in [1.54, 1.807) is 24.5 Å². The number of nitrogens with zero attached hydrogens (tertiary/aromatic N) is 2. The molecule has 1 N–H and O–H groups in total. The van der Waals surface area contributed by atoms with E-state index in [0.29, 0.717) is 5.69 Å². The lowest BCUT2D eigenvalue weighted by molar-refractivity contribution is -0.122. The highest BCUT2D eigenvalue weighted by atomic mass is 32.1. The number of anilines is 1. The summed E-state index contributed by atoms with van der Waals surface area (Å²) in [4.78, 5) is 30.3. The topological polar surface area (TPSA) is 62.3 Å². The lowest BCUT2D eigenvalue weighted by atomic mass is 10.1. The van der Waals surface area contributed by atoms with Crippen LogP contribution in [0.15, 0.2) is 48.3 Å². The van der Waals surface area contributed by atoms with Crippen molar-refractivity contribution in [3.05, 3.63) is 65.0 Å². The highest BCUT2D eigenvalue weighted by Gasteiger charge is 2.34. The van der Waals surface area contributed by atoms with Crippen LogP contribution in [0.5, 0.6) is 0 Å². The lowest BCUT2D eigenvalue weighted by Gasteiger charge is -2.29. The van der Waals surface area contributed by atoms with E-state index >= 15 is 0 Å². The zero-order chi connectivity index (χ0) is 17.3. The number of benzene rings is 1. The van der Waals surface area contributed by atoms with Gasteiger partial charge in [0.05, 0.1) is 5.69 Å². The Morgan fingerprint density at radius 1 is 1.08 bits per heavy atom. The van der Waals surface area contributed by atoms with E-state index < -0.39 is 11.8 Å². The number of rotatable bonds is 2. The first-order valence-electron chi connectivity index (χ1n) is 7.36. The lowest BCUT2D eigenvalue weighted by Crippen LogP contribution is -2.54. The normalized spacial score (nSPS) is 16.5. The summed E-state index contributed by atoms with van der Waals surface area (Å²) >= 11 is 5.19. The molecule has 2 heterocycles. The summed E-state index contributed by atoms with van der Waals surface area (Å²) in [5, 5.41) is 2.66. The van der Waals surface area contributed by atoms with Crippen molar-refractivity contribution < 1.29 is 9.59 Å². The second-order valence-corrected chi connectivity index (χ2v) is 5.89. The number of pyridine rings is 1. The molecule has 2 amide bonds. The molecule has 0 atom stereocenters. The van der Waals surface area contributed by atoms with Crippen molar-refractivity contribution >= 4 is 40.9 Å². The van der Waals surface area contributed by atoms with Crippen molar-refractivity contribution in [2.75, 3.05) is 4.90 Å². The zero-order valence-electron chi connectivity index (χ0n) is 13.2. The van der Waals surface area contributed by atoms with Gasteiger partial charge in [-0.15, -0.1) is 0 Å². The molecule has 0 aliphatic carbocycles. The van der Waals surface area contributed by atoms with Gasteiger partial charge in [-0.25, -0.2) is 0 Å². The molecule has 3 rings (SSSR count). The van der Waals surface area contributed by atoms with E-state index in [1.165, 1.54) is 11.0 Å². The maximum atomic E-state index is 12.8. The highest BCUT2D eigenvalue weighted by Crippen LogP contribution is 2.24. The Balaban J connectivity index is 2.03. The van der Waals surface area contributed by atoms with Gasteiger partial charge in [-0.1, -0.05) is 6.07 Å². The second-order valence-electron chi connectivity index (χ2n) is 5.51. The Kier molecular flexibility index (Phi) is 4.22. The molecule has 1 aliphatic rings. The first-order valence-corrected chi connectivity index (χ1v) is 7.77. The number of aryl methyl sites for hydroxylation is 2. The maximum Gasteiger partial charge on any atom is 0.270 e. The largest absolute Gasteiger partial charge is 0.298 e. The first-order chi connectivity index (χ1) is 11.5. The van der Waals surface area contributed by atoms with Crippen molar-refractivity contribution in [2.24, 2.45) is 0 Å². The minimum atomic E-state index is -0.498. The van der Waals surface area contributed by atoms with Gasteiger partial charge in [-0.05, 0) is 73.1 Å². The molecule has 0 saturated carbocycles. The zero-order valence-corrected chi connectivity index (χ0v) is 14.1. The summed E-state index contributed by atoms with van der Waals surface area (Å²) in [5.74, 6) is -0.939. The quantitative estimate of drug-likeness (QED) is 0.520. The molecule has 1 aromatic heterocycles. The summed E-state index contributed by atoms with van der Waals surface area (Å²) in [6.07, 6.45) is 4.74. The van der Waals surface area contributed by atoms with Crippen LogP contribution in [-0.4, -0.2) is 21.9 Å². The van der Waals surface area contributed by atoms with E-state index in [-0.39, 0.29) is 10.7 Å². The van der Waals surface area contributed by atoms with Crippen LogP contribution in [0.2, 0.25) is 0 Å². The van der Waals surface area contributed by atoms with Crippen LogP contribution in [0.3, 0.4) is 0 Å². The van der Waals surface area contributed by atoms with Gasteiger partial charge in [-0.3, -0.25) is 24.8 Å². The number of aromatic nitrogens is 1. The Bertz CT molecular complexity index is 875. The van der Waals surface area contributed by atoms with Crippen LogP contribution in [0.4, 0.5) is 5.69 Å². The fourth-order valence-electron chi connectivity index (χ4n) is 2.38. The molecular formula is C18H15N3O2S. The Hall–Kier alpha value is -2.86. The molecule has 1 aromatic carbocycles. The van der Waals surface area contributed by atoms with Gasteiger partial charge in [0.2, 0.25) is 0 Å². The molecule has 2 aromatic rings. The molecule has 6 heteroatoms. The van der Waals surface area contributed by atoms with E-state index in [4.69, 9.17) is 12.2 Å². The van der Waals surface area contributed by atoms with Crippen molar-refractivity contribution in [3.63, 3.8) is 0 Å². The SMILES string of the molecule is Cc1ccc(N2C(=O)/C(=C/c3ccncc3)C(=O)NC2=S)cc1C. The molecule has 5 nitrogen and oxygen atoms in total. The Morgan fingerprint density at radius 2 is 1.79 bits per heavy atom. The van der Waals surface area contributed by atoms with Gasteiger partial charge in [0.15, 0.2) is 5.11 Å². The van der Waals surface area contributed by atoms with Crippen LogP contribution in [0, 0.1) is 13.8 Å². The third kappa shape index (κ3) is 2.96. The van der Waals surface area contributed by atoms with Crippen LogP contribution in [0.1, 0.15) is 16.7 Å². The number of carbonyl (C=O) groups is 2. The highest BCUT2D eigenvalue weighted by molar-refractivity contribution is 7.80. The van der Waals surface area contributed by atoms with Crippen molar-refractivity contribution in [3.8, 4) is 0 Å². The molecule has 1 fully saturated rings. The standard InChI is InChI=1S/C18H15N3O2S/c1-11-3-4-14(9-12(11)2)21-17(23)15(16(22)20-18(21)24)10-13-5-7-19-8-6-13/h3-10H,1-2H3,(H,20,22,24)/b15-10+. The minimum absolute atomic E-state index is 0.0352. The molecular weight excluding hydrogens is 322 g/mol. The molecule has 1 saturated heterocycles. The molecule has 0 radical (unpaired) electrons. The summed E-state index contributed by atoms with van der Waals surface area (Å²) in [6, 6.07) is 9.06. The molecule has 0 unspecified atom stereocenters. The van der Waals surface area contributed by atoms with Gasteiger partial charge in [0, 0.05) is 12.4 Å². The molecule has 0 bridgehead atoms. The van der Waals surface area contributed by atoms with E-state index in [0.717, 1.165) is 16.7 Å². The van der Waals surface area contributed by atoms with Gasteiger partial charge in [0.25, 0.3) is 11.8 Å². The number of amides is 2. The average Bonchev–Trinajstić information content (AvgIpc) is 2.55. The van der Waals surface area contributed by atoms with Crippen LogP contribution >= 0.6 is 12.2 Å². The van der Waals surface area contributed by atoms with E-state index in [2.05, 4.69) is 10.3 Å². The summed E-state index contributed by atoms with van der Waals surface area (Å²) in [5.41, 5.74) is 3.54. The fourth-order valence-corrected chi connectivity index (χ4v) is 2.66. The Labute approximate surface area is 145 Å². The first kappa shape index (κ1) is 16.0. The summed E-state index contributed by atoms with van der Waals surface area (Å²) in [6.45, 7) is 3.95.